The first kappa shape index (κ1) is 29.0. The highest BCUT2D eigenvalue weighted by Crippen LogP contribution is 2.27. The standard InChI is InChI=1S/C28H38N2O6/c1-22(2)14-15-27(32)30(17-16-26(31)29-36-21-23-10-6-4-7-11-23)25(24-12-8-5-9-13-24)20-28(33)35-19-18-34-3/h4-13,22,25H,14-21H2,1-3H3,(H,29,31). The van der Waals surface area contributed by atoms with E-state index < -0.39 is 12.0 Å². The molecule has 1 N–H and O–H groups in total. The molecule has 1 unspecified atom stereocenters. The molecule has 8 nitrogen and oxygen atoms in total. The fourth-order valence-corrected chi connectivity index (χ4v) is 3.60. The summed E-state index contributed by atoms with van der Waals surface area (Å²) in [6.07, 6.45) is 1.05. The summed E-state index contributed by atoms with van der Waals surface area (Å²) >= 11 is 0. The number of hydrogen-bond acceptors (Lipinski definition) is 6. The topological polar surface area (TPSA) is 94.2 Å². The van der Waals surface area contributed by atoms with E-state index in [0.29, 0.717) is 25.4 Å². The van der Waals surface area contributed by atoms with Gasteiger partial charge in [-0.25, -0.2) is 5.48 Å². The quantitative estimate of drug-likeness (QED) is 0.212. The van der Waals surface area contributed by atoms with Crippen molar-refractivity contribution in [3.63, 3.8) is 0 Å². The third-order valence-corrected chi connectivity index (χ3v) is 5.57. The fourth-order valence-electron chi connectivity index (χ4n) is 3.60. The van der Waals surface area contributed by atoms with Gasteiger partial charge in [-0.2, -0.15) is 0 Å². The van der Waals surface area contributed by atoms with Crippen LogP contribution in [0.25, 0.3) is 0 Å². The number of esters is 1. The van der Waals surface area contributed by atoms with Gasteiger partial charge in [0.1, 0.15) is 6.61 Å². The molecule has 0 aliphatic rings. The number of methoxy groups -OCH3 is 1. The number of hydroxylamine groups is 1. The average Bonchev–Trinajstić information content (AvgIpc) is 2.88. The first-order valence-electron chi connectivity index (χ1n) is 12.3. The molecule has 196 valence electrons. The minimum Gasteiger partial charge on any atom is -0.463 e. The third-order valence-electron chi connectivity index (χ3n) is 5.57. The summed E-state index contributed by atoms with van der Waals surface area (Å²) in [6.45, 7) is 4.92. The molecule has 0 saturated carbocycles. The summed E-state index contributed by atoms with van der Waals surface area (Å²) in [5.41, 5.74) is 4.18. The first-order valence-corrected chi connectivity index (χ1v) is 12.3. The second kappa shape index (κ2) is 16.4. The Hall–Kier alpha value is -3.23. The van der Waals surface area contributed by atoms with Crippen molar-refractivity contribution in [3.8, 4) is 0 Å². The van der Waals surface area contributed by atoms with E-state index in [4.69, 9.17) is 14.3 Å². The molecule has 0 aliphatic carbocycles. The Balaban J connectivity index is 2.10. The molecular formula is C28H38N2O6. The summed E-state index contributed by atoms with van der Waals surface area (Å²) < 4.78 is 10.2. The molecule has 0 aliphatic heterocycles. The number of nitrogens with zero attached hydrogens (tertiary/aromatic N) is 1. The van der Waals surface area contributed by atoms with Crippen LogP contribution in [0.4, 0.5) is 0 Å². The van der Waals surface area contributed by atoms with Gasteiger partial charge in [0, 0.05) is 26.5 Å². The van der Waals surface area contributed by atoms with E-state index in [9.17, 15) is 14.4 Å². The van der Waals surface area contributed by atoms with Gasteiger partial charge in [0.2, 0.25) is 11.8 Å². The molecule has 2 aromatic rings. The van der Waals surface area contributed by atoms with Crippen LogP contribution >= 0.6 is 0 Å². The number of amides is 2. The number of carbonyl (C=O) groups excluding carboxylic acids is 3. The van der Waals surface area contributed by atoms with Crippen molar-refractivity contribution in [2.45, 2.75) is 52.2 Å². The van der Waals surface area contributed by atoms with Gasteiger partial charge in [-0.05, 0) is 23.5 Å². The summed E-state index contributed by atoms with van der Waals surface area (Å²) in [4.78, 5) is 45.3. The monoisotopic (exact) mass is 498 g/mol. The van der Waals surface area contributed by atoms with Gasteiger partial charge in [-0.3, -0.25) is 19.2 Å². The molecule has 0 fully saturated rings. The van der Waals surface area contributed by atoms with E-state index in [2.05, 4.69) is 19.3 Å². The highest BCUT2D eigenvalue weighted by molar-refractivity contribution is 5.80. The Morgan fingerprint density at radius 3 is 2.22 bits per heavy atom. The predicted molar refractivity (Wildman–Crippen MR) is 136 cm³/mol. The van der Waals surface area contributed by atoms with Crippen LogP contribution in [0.3, 0.4) is 0 Å². The number of nitrogens with one attached hydrogen (secondary N) is 1. The van der Waals surface area contributed by atoms with Crippen LogP contribution in [0.15, 0.2) is 60.7 Å². The zero-order chi connectivity index (χ0) is 26.2. The molecule has 36 heavy (non-hydrogen) atoms. The molecule has 0 radical (unpaired) electrons. The third kappa shape index (κ3) is 11.0. The average molecular weight is 499 g/mol. The molecule has 0 bridgehead atoms. The second-order valence-corrected chi connectivity index (χ2v) is 8.91. The second-order valence-electron chi connectivity index (χ2n) is 8.91. The van der Waals surface area contributed by atoms with Gasteiger partial charge in [-0.15, -0.1) is 0 Å². The highest BCUT2D eigenvalue weighted by atomic mass is 16.6. The van der Waals surface area contributed by atoms with E-state index >= 15 is 0 Å². The Morgan fingerprint density at radius 1 is 0.917 bits per heavy atom. The van der Waals surface area contributed by atoms with Crippen LogP contribution in [-0.2, 0) is 35.3 Å². The fraction of sp³-hybridized carbons (Fsp3) is 0.464. The van der Waals surface area contributed by atoms with Gasteiger partial charge in [0.15, 0.2) is 0 Å². The van der Waals surface area contributed by atoms with Crippen molar-refractivity contribution < 1.29 is 28.7 Å². The van der Waals surface area contributed by atoms with Crippen LogP contribution in [-0.4, -0.2) is 49.6 Å². The van der Waals surface area contributed by atoms with Crippen LogP contribution in [0.1, 0.15) is 56.7 Å². The Kier molecular flexibility index (Phi) is 13.2. The molecule has 2 aromatic carbocycles. The van der Waals surface area contributed by atoms with Crippen LogP contribution in [0, 0.1) is 5.92 Å². The lowest BCUT2D eigenvalue weighted by molar-refractivity contribution is -0.148. The maximum atomic E-state index is 13.3. The molecule has 2 rings (SSSR count). The first-order chi connectivity index (χ1) is 17.4. The Labute approximate surface area is 213 Å². The Morgan fingerprint density at radius 2 is 1.58 bits per heavy atom. The summed E-state index contributed by atoms with van der Waals surface area (Å²) in [6, 6.07) is 18.3. The van der Waals surface area contributed by atoms with Crippen molar-refractivity contribution in [2.24, 2.45) is 5.92 Å². The van der Waals surface area contributed by atoms with E-state index in [1.165, 1.54) is 7.11 Å². The molecule has 0 saturated heterocycles. The molecule has 1 atom stereocenters. The lowest BCUT2D eigenvalue weighted by atomic mass is 10.00. The Bertz CT molecular complexity index is 920. The van der Waals surface area contributed by atoms with Crippen LogP contribution < -0.4 is 5.48 Å². The van der Waals surface area contributed by atoms with E-state index in [1.807, 2.05) is 60.7 Å². The van der Waals surface area contributed by atoms with E-state index in [0.717, 1.165) is 11.1 Å². The molecular weight excluding hydrogens is 460 g/mol. The van der Waals surface area contributed by atoms with Crippen molar-refractivity contribution in [3.05, 3.63) is 71.8 Å². The molecule has 0 spiro atoms. The van der Waals surface area contributed by atoms with Crippen molar-refractivity contribution in [2.75, 3.05) is 26.9 Å². The molecule has 2 amide bonds. The van der Waals surface area contributed by atoms with E-state index in [-0.39, 0.29) is 44.4 Å². The lowest BCUT2D eigenvalue weighted by Gasteiger charge is -2.32. The summed E-state index contributed by atoms with van der Waals surface area (Å²) in [5, 5.41) is 0. The minimum atomic E-state index is -0.557. The highest BCUT2D eigenvalue weighted by Gasteiger charge is 2.28. The summed E-state index contributed by atoms with van der Waals surface area (Å²) in [7, 11) is 1.53. The number of benzene rings is 2. The maximum Gasteiger partial charge on any atom is 0.308 e. The largest absolute Gasteiger partial charge is 0.463 e. The number of hydrogen-bond donors (Lipinski definition) is 1. The number of ether oxygens (including phenoxy) is 2. The normalized spacial score (nSPS) is 11.7. The van der Waals surface area contributed by atoms with Gasteiger partial charge < -0.3 is 14.4 Å². The molecule has 0 aromatic heterocycles. The van der Waals surface area contributed by atoms with Gasteiger partial charge in [0.05, 0.1) is 25.7 Å². The van der Waals surface area contributed by atoms with Crippen molar-refractivity contribution in [1.82, 2.24) is 10.4 Å². The van der Waals surface area contributed by atoms with Gasteiger partial charge in [0.25, 0.3) is 0 Å². The minimum absolute atomic E-state index is 0.0206. The predicted octanol–water partition coefficient (Wildman–Crippen LogP) is 4.21. The smallest absolute Gasteiger partial charge is 0.308 e. The van der Waals surface area contributed by atoms with Crippen molar-refractivity contribution in [1.29, 1.82) is 0 Å². The van der Waals surface area contributed by atoms with Gasteiger partial charge >= 0.3 is 5.97 Å². The number of carbonyl (C=O) groups is 3. The zero-order valence-electron chi connectivity index (χ0n) is 21.5. The van der Waals surface area contributed by atoms with Crippen LogP contribution in [0.5, 0.6) is 0 Å². The van der Waals surface area contributed by atoms with Crippen LogP contribution in [0.2, 0.25) is 0 Å². The van der Waals surface area contributed by atoms with Gasteiger partial charge in [-0.1, -0.05) is 74.5 Å². The SMILES string of the molecule is COCCOC(=O)CC(c1ccccc1)N(CCC(=O)NOCc1ccccc1)C(=O)CCC(C)C. The molecule has 8 heteroatoms. The zero-order valence-corrected chi connectivity index (χ0v) is 21.5. The van der Waals surface area contributed by atoms with E-state index in [1.54, 1.807) is 4.90 Å². The number of rotatable bonds is 16. The van der Waals surface area contributed by atoms with Crippen molar-refractivity contribution >= 4 is 17.8 Å². The maximum absolute atomic E-state index is 13.3. The lowest BCUT2D eigenvalue weighted by Crippen LogP contribution is -2.39. The summed E-state index contributed by atoms with van der Waals surface area (Å²) in [5.74, 6) is -0.541. The molecule has 0 heterocycles.